The third-order valence-corrected chi connectivity index (χ3v) is 4.31. The van der Waals surface area contributed by atoms with Crippen molar-refractivity contribution < 1.29 is 9.15 Å². The van der Waals surface area contributed by atoms with E-state index in [1.54, 1.807) is 13.4 Å². The molecule has 0 fully saturated rings. The highest BCUT2D eigenvalue weighted by Gasteiger charge is 2.23. The summed E-state index contributed by atoms with van der Waals surface area (Å²) >= 11 is 0. The first-order chi connectivity index (χ1) is 12.8. The molecule has 0 saturated heterocycles. The van der Waals surface area contributed by atoms with E-state index in [-0.39, 0.29) is 6.17 Å². The molecule has 1 aliphatic heterocycles. The summed E-state index contributed by atoms with van der Waals surface area (Å²) in [5.41, 5.74) is 9.04. The van der Waals surface area contributed by atoms with Gasteiger partial charge in [-0.2, -0.15) is 0 Å². The van der Waals surface area contributed by atoms with Crippen LogP contribution in [0.3, 0.4) is 0 Å². The van der Waals surface area contributed by atoms with Gasteiger partial charge >= 0.3 is 0 Å². The van der Waals surface area contributed by atoms with Crippen molar-refractivity contribution in [2.75, 3.05) is 12.0 Å². The average Bonchev–Trinajstić information content (AvgIpc) is 3.16. The molecule has 2 heterocycles. The maximum absolute atomic E-state index is 6.45. The van der Waals surface area contributed by atoms with Gasteiger partial charge in [-0.1, -0.05) is 36.4 Å². The number of anilines is 1. The van der Waals surface area contributed by atoms with E-state index in [1.807, 2.05) is 77.7 Å². The molecule has 2 aromatic carbocycles. The highest BCUT2D eigenvalue weighted by Crippen LogP contribution is 2.25. The molecule has 1 unspecified atom stereocenters. The first-order valence-corrected chi connectivity index (χ1v) is 8.34. The number of rotatable bonds is 4. The summed E-state index contributed by atoms with van der Waals surface area (Å²) in [6.45, 7) is 0. The van der Waals surface area contributed by atoms with Crippen molar-refractivity contribution in [1.82, 2.24) is 0 Å². The average molecular weight is 345 g/mol. The Kier molecular flexibility index (Phi) is 4.19. The highest BCUT2D eigenvalue weighted by molar-refractivity contribution is 5.69. The molecule has 1 aromatic heterocycles. The number of benzene rings is 2. The molecule has 1 atom stereocenters. The van der Waals surface area contributed by atoms with Crippen LogP contribution in [0.5, 0.6) is 5.75 Å². The van der Waals surface area contributed by atoms with Crippen molar-refractivity contribution in [2.45, 2.75) is 6.17 Å². The number of nitrogens with two attached hydrogens (primary N) is 1. The zero-order chi connectivity index (χ0) is 17.9. The number of hydrogen-bond acceptors (Lipinski definition) is 5. The third-order valence-electron chi connectivity index (χ3n) is 4.31. The van der Waals surface area contributed by atoms with Gasteiger partial charge in [0.15, 0.2) is 0 Å². The number of furan rings is 1. The van der Waals surface area contributed by atoms with Crippen molar-refractivity contribution in [2.24, 2.45) is 10.7 Å². The van der Waals surface area contributed by atoms with Crippen molar-refractivity contribution >= 4 is 17.6 Å². The maximum Gasteiger partial charge on any atom is 0.227 e. The van der Waals surface area contributed by atoms with Gasteiger partial charge < -0.3 is 19.8 Å². The molecule has 26 heavy (non-hydrogen) atoms. The zero-order valence-electron chi connectivity index (χ0n) is 14.4. The second-order valence-electron chi connectivity index (χ2n) is 5.91. The number of nitrogens with zero attached hydrogens (tertiary/aromatic N) is 2. The van der Waals surface area contributed by atoms with Crippen molar-refractivity contribution in [3.8, 4) is 5.75 Å². The topological polar surface area (TPSA) is 64.0 Å². The second-order valence-corrected chi connectivity index (χ2v) is 5.91. The standard InChI is InChI=1S/C21H19N3O2/c1-25-17-10-8-16(9-11-17)24-19(12-7-15-5-3-2-4-6-15)23-21-18(20(24)22)13-14-26-21/h2-14,19H,22H2,1H3/b12-7+. The molecule has 0 saturated carbocycles. The van der Waals surface area contributed by atoms with Crippen molar-refractivity contribution in [1.29, 1.82) is 0 Å². The molecule has 4 rings (SSSR count). The Labute approximate surface area is 151 Å². The number of ether oxygens (including phenoxy) is 1. The highest BCUT2D eigenvalue weighted by atomic mass is 16.5. The summed E-state index contributed by atoms with van der Waals surface area (Å²) in [5.74, 6) is 1.40. The van der Waals surface area contributed by atoms with E-state index in [9.17, 15) is 0 Å². The molecule has 0 aliphatic carbocycles. The van der Waals surface area contributed by atoms with Crippen molar-refractivity contribution in [3.63, 3.8) is 0 Å². The molecule has 5 heteroatoms. The van der Waals surface area contributed by atoms with Crippen LogP contribution in [0, 0.1) is 0 Å². The summed E-state index contributed by atoms with van der Waals surface area (Å²) < 4.78 is 10.7. The van der Waals surface area contributed by atoms with E-state index in [0.717, 1.165) is 22.2 Å². The van der Waals surface area contributed by atoms with E-state index < -0.39 is 0 Å². The second kappa shape index (κ2) is 6.80. The molecule has 0 radical (unpaired) electrons. The minimum Gasteiger partial charge on any atom is -0.497 e. The molecule has 0 bridgehead atoms. The Balaban J connectivity index is 1.77. The zero-order valence-corrected chi connectivity index (χ0v) is 14.4. The smallest absolute Gasteiger partial charge is 0.227 e. The van der Waals surface area contributed by atoms with E-state index in [1.165, 1.54) is 0 Å². The summed E-state index contributed by atoms with van der Waals surface area (Å²) in [5, 5.41) is 0.796. The van der Waals surface area contributed by atoms with Gasteiger partial charge in [-0.25, -0.2) is 4.99 Å². The van der Waals surface area contributed by atoms with Crippen LogP contribution in [-0.2, 0) is 0 Å². The largest absolute Gasteiger partial charge is 0.497 e. The molecule has 0 spiro atoms. The predicted molar refractivity (Wildman–Crippen MR) is 102 cm³/mol. The van der Waals surface area contributed by atoms with Gasteiger partial charge in [0.2, 0.25) is 5.55 Å². The minimum atomic E-state index is -0.303. The molecule has 130 valence electrons. The fourth-order valence-electron chi connectivity index (χ4n) is 2.97. The monoisotopic (exact) mass is 345 g/mol. The fourth-order valence-corrected chi connectivity index (χ4v) is 2.97. The third kappa shape index (κ3) is 2.95. The quantitative estimate of drug-likeness (QED) is 0.789. The van der Waals surface area contributed by atoms with Gasteiger partial charge in [-0.3, -0.25) is 0 Å². The molecule has 5 nitrogen and oxygen atoms in total. The van der Waals surface area contributed by atoms with Crippen LogP contribution in [0.15, 0.2) is 82.4 Å². The lowest BCUT2D eigenvalue weighted by Gasteiger charge is -2.30. The Morgan fingerprint density at radius 2 is 1.85 bits per heavy atom. The molecule has 3 aromatic rings. The lowest BCUT2D eigenvalue weighted by molar-refractivity contribution is 0.415. The SMILES string of the molecule is COc1ccc(N2C(N)=c3ccoc3=NC2/C=C/c2ccccc2)cc1. The minimum absolute atomic E-state index is 0.303. The number of methoxy groups -OCH3 is 1. The Hall–Kier alpha value is -3.47. The first-order valence-electron chi connectivity index (χ1n) is 8.34. The summed E-state index contributed by atoms with van der Waals surface area (Å²) in [7, 11) is 1.65. The van der Waals surface area contributed by atoms with Crippen LogP contribution < -0.4 is 26.1 Å². The lowest BCUT2D eigenvalue weighted by atomic mass is 10.1. The Bertz CT molecular complexity index is 1040. The fraction of sp³-hybridized carbons (Fsp3) is 0.0952. The van der Waals surface area contributed by atoms with Crippen LogP contribution in [0.1, 0.15) is 5.56 Å². The van der Waals surface area contributed by atoms with Gasteiger partial charge in [0.05, 0.1) is 18.6 Å². The van der Waals surface area contributed by atoms with Crippen LogP contribution in [-0.4, -0.2) is 13.3 Å². The van der Waals surface area contributed by atoms with Crippen LogP contribution in [0.4, 0.5) is 5.69 Å². The van der Waals surface area contributed by atoms with Gasteiger partial charge in [0, 0.05) is 5.69 Å². The molecule has 0 amide bonds. The van der Waals surface area contributed by atoms with Gasteiger partial charge in [0.25, 0.3) is 0 Å². The first kappa shape index (κ1) is 16.0. The molecule has 2 N–H and O–H groups in total. The van der Waals surface area contributed by atoms with Crippen LogP contribution >= 0.6 is 0 Å². The summed E-state index contributed by atoms with van der Waals surface area (Å²) in [4.78, 5) is 6.69. The Morgan fingerprint density at radius 3 is 2.58 bits per heavy atom. The predicted octanol–water partition coefficient (Wildman–Crippen LogP) is 2.49. The normalized spacial score (nSPS) is 16.4. The molecule has 1 aliphatic rings. The van der Waals surface area contributed by atoms with E-state index in [0.29, 0.717) is 11.4 Å². The van der Waals surface area contributed by atoms with E-state index in [2.05, 4.69) is 0 Å². The molecular formula is C21H19N3O2. The molecular weight excluding hydrogens is 326 g/mol. The number of fused-ring (bicyclic) bond motifs is 1. The van der Waals surface area contributed by atoms with Gasteiger partial charge in [-0.15, -0.1) is 0 Å². The van der Waals surface area contributed by atoms with E-state index in [4.69, 9.17) is 19.9 Å². The van der Waals surface area contributed by atoms with Crippen LogP contribution in [0.2, 0.25) is 0 Å². The maximum atomic E-state index is 6.45. The lowest BCUT2D eigenvalue weighted by Crippen LogP contribution is -2.47. The number of hydrogen-bond donors (Lipinski definition) is 1. The van der Waals surface area contributed by atoms with Crippen molar-refractivity contribution in [3.05, 3.63) is 89.3 Å². The van der Waals surface area contributed by atoms with Gasteiger partial charge in [0.1, 0.15) is 17.7 Å². The van der Waals surface area contributed by atoms with E-state index >= 15 is 0 Å². The van der Waals surface area contributed by atoms with Gasteiger partial charge in [-0.05, 0) is 42.0 Å². The Morgan fingerprint density at radius 1 is 1.08 bits per heavy atom. The summed E-state index contributed by atoms with van der Waals surface area (Å²) in [6.07, 6.45) is 5.35. The van der Waals surface area contributed by atoms with Crippen LogP contribution in [0.25, 0.3) is 11.9 Å². The summed E-state index contributed by atoms with van der Waals surface area (Å²) in [6, 6.07) is 19.7.